The molecule has 0 spiro atoms. The van der Waals surface area contributed by atoms with Crippen LogP contribution in [-0.2, 0) is 65.4 Å². The summed E-state index contributed by atoms with van der Waals surface area (Å²) >= 11 is 0. The molecule has 594 valence electrons. The van der Waals surface area contributed by atoms with Crippen LogP contribution in [-0.4, -0.2) is 96.7 Å². The van der Waals surface area contributed by atoms with Crippen LogP contribution in [0, 0.1) is 17.8 Å². The molecule has 17 nitrogen and oxygen atoms in total. The number of phosphoric ester groups is 2. The summed E-state index contributed by atoms with van der Waals surface area (Å²) in [5.74, 6) is 0.163. The van der Waals surface area contributed by atoms with E-state index < -0.39 is 97.5 Å². The van der Waals surface area contributed by atoms with Crippen molar-refractivity contribution in [2.24, 2.45) is 17.8 Å². The van der Waals surface area contributed by atoms with Gasteiger partial charge in [-0.3, -0.25) is 37.3 Å². The maximum absolute atomic E-state index is 13.1. The van der Waals surface area contributed by atoms with E-state index >= 15 is 0 Å². The number of aliphatic hydroxyl groups excluding tert-OH is 1. The number of rotatable bonds is 79. The molecule has 0 aliphatic rings. The van der Waals surface area contributed by atoms with Crippen LogP contribution in [0.2, 0.25) is 0 Å². The highest BCUT2D eigenvalue weighted by Gasteiger charge is 2.30. The minimum atomic E-state index is -4.96. The predicted octanol–water partition coefficient (Wildman–Crippen LogP) is 24.1. The Morgan fingerprint density at radius 3 is 0.760 bits per heavy atom. The molecule has 0 amide bonds. The Balaban J connectivity index is 5.22. The van der Waals surface area contributed by atoms with Crippen molar-refractivity contribution in [3.05, 3.63) is 0 Å². The van der Waals surface area contributed by atoms with E-state index in [1.807, 2.05) is 0 Å². The highest BCUT2D eigenvalue weighted by Crippen LogP contribution is 2.45. The van der Waals surface area contributed by atoms with Crippen LogP contribution in [0.4, 0.5) is 0 Å². The zero-order chi connectivity index (χ0) is 73.7. The fourth-order valence-electron chi connectivity index (χ4n) is 12.5. The smallest absolute Gasteiger partial charge is 0.462 e. The molecule has 0 aromatic heterocycles. The highest BCUT2D eigenvalue weighted by molar-refractivity contribution is 7.47. The van der Waals surface area contributed by atoms with E-state index in [9.17, 15) is 43.2 Å². The monoisotopic (exact) mass is 1470 g/mol. The third-order valence-electron chi connectivity index (χ3n) is 19.2. The third kappa shape index (κ3) is 73.0. The van der Waals surface area contributed by atoms with Gasteiger partial charge in [0.15, 0.2) is 12.2 Å². The number of aliphatic hydroxyl groups is 1. The van der Waals surface area contributed by atoms with Crippen molar-refractivity contribution >= 4 is 39.5 Å². The van der Waals surface area contributed by atoms with Gasteiger partial charge in [0.05, 0.1) is 26.4 Å². The molecule has 0 saturated heterocycles. The average molecular weight is 1470 g/mol. The lowest BCUT2D eigenvalue weighted by Crippen LogP contribution is -2.30. The summed E-state index contributed by atoms with van der Waals surface area (Å²) in [4.78, 5) is 73.0. The van der Waals surface area contributed by atoms with Crippen molar-refractivity contribution in [1.82, 2.24) is 0 Å². The summed E-state index contributed by atoms with van der Waals surface area (Å²) in [7, 11) is -9.92. The summed E-state index contributed by atoms with van der Waals surface area (Å²) < 4.78 is 68.7. The van der Waals surface area contributed by atoms with Crippen LogP contribution in [0.15, 0.2) is 0 Å². The number of hydrogen-bond donors (Lipinski definition) is 3. The van der Waals surface area contributed by atoms with Crippen molar-refractivity contribution < 1.29 is 80.2 Å². The van der Waals surface area contributed by atoms with Gasteiger partial charge in [-0.25, -0.2) is 9.13 Å². The maximum Gasteiger partial charge on any atom is 0.472 e. The van der Waals surface area contributed by atoms with Gasteiger partial charge in [0, 0.05) is 25.7 Å². The molecule has 0 rings (SSSR count). The lowest BCUT2D eigenvalue weighted by atomic mass is 9.99. The minimum absolute atomic E-state index is 0.104. The van der Waals surface area contributed by atoms with E-state index in [1.165, 1.54) is 231 Å². The Kier molecular flexibility index (Phi) is 69.9. The normalized spacial score (nSPS) is 14.2. The van der Waals surface area contributed by atoms with Crippen LogP contribution in [0.1, 0.15) is 421 Å². The molecule has 6 atom stereocenters. The van der Waals surface area contributed by atoms with Crippen LogP contribution >= 0.6 is 15.6 Å². The molecule has 100 heavy (non-hydrogen) atoms. The van der Waals surface area contributed by atoms with Gasteiger partial charge in [0.1, 0.15) is 19.3 Å². The first kappa shape index (κ1) is 98.1. The molecular weight excluding hydrogens is 1310 g/mol. The molecule has 0 aliphatic carbocycles. The van der Waals surface area contributed by atoms with E-state index in [0.717, 1.165) is 108 Å². The van der Waals surface area contributed by atoms with Gasteiger partial charge in [0.25, 0.3) is 0 Å². The minimum Gasteiger partial charge on any atom is -0.462 e. The SMILES string of the molecule is CCCCCCCCCCCCCCCCCCCCCCCCC(=O)O[C@H](COC(=O)CCCCCCCCCCCCCCC(C)C)COP(=O)(O)OC[C@@H](O)COP(=O)(O)OC[C@@H](COC(=O)CCCCCCCCCCC(C)C)OC(=O)CCCCCCCCCCC(C)CC. The van der Waals surface area contributed by atoms with Gasteiger partial charge < -0.3 is 33.8 Å². The standard InChI is InChI=1S/C81H158O17P2/c1-8-10-11-12-13-14-15-16-17-18-19-20-21-22-23-24-25-30-33-43-50-57-64-80(85)97-76(68-91-78(83)62-55-48-41-32-29-27-26-28-31-38-45-52-59-72(3)4)70-95-99(87,88)93-66-75(82)67-94-100(89,90)96-71-77(69-92-79(84)63-56-49-42-36-34-39-46-53-60-73(5)6)98-81(86)65-58-51-44-37-35-40-47-54-61-74(7)9-2/h72-77,82H,8-71H2,1-7H3,(H,87,88)(H,89,90)/t74?,75-,76-,77-/m1/s1. The van der Waals surface area contributed by atoms with Gasteiger partial charge in [-0.05, 0) is 43.4 Å². The Morgan fingerprint density at radius 2 is 0.510 bits per heavy atom. The predicted molar refractivity (Wildman–Crippen MR) is 409 cm³/mol. The zero-order valence-electron chi connectivity index (χ0n) is 65.7. The summed E-state index contributed by atoms with van der Waals surface area (Å²) in [5, 5.41) is 10.6. The molecule has 3 unspecified atom stereocenters. The molecule has 0 aromatic rings. The maximum atomic E-state index is 13.1. The molecule has 19 heteroatoms. The van der Waals surface area contributed by atoms with Crippen molar-refractivity contribution in [3.63, 3.8) is 0 Å². The summed E-state index contributed by atoms with van der Waals surface area (Å²) in [6, 6.07) is 0. The van der Waals surface area contributed by atoms with E-state index in [1.54, 1.807) is 0 Å². The van der Waals surface area contributed by atoms with Crippen LogP contribution in [0.25, 0.3) is 0 Å². The van der Waals surface area contributed by atoms with E-state index in [-0.39, 0.29) is 25.7 Å². The topological polar surface area (TPSA) is 237 Å². The molecule has 0 saturated carbocycles. The Labute approximate surface area is 613 Å². The number of hydrogen-bond acceptors (Lipinski definition) is 15. The zero-order valence-corrected chi connectivity index (χ0v) is 67.5. The number of carbonyl (C=O) groups is 4. The van der Waals surface area contributed by atoms with Crippen LogP contribution in [0.3, 0.4) is 0 Å². The van der Waals surface area contributed by atoms with E-state index in [4.69, 9.17) is 37.0 Å². The molecule has 0 heterocycles. The van der Waals surface area contributed by atoms with Crippen LogP contribution < -0.4 is 0 Å². The summed E-state index contributed by atoms with van der Waals surface area (Å²) in [6.07, 6.45) is 59.8. The fourth-order valence-corrected chi connectivity index (χ4v) is 14.0. The van der Waals surface area contributed by atoms with Gasteiger partial charge in [-0.1, -0.05) is 370 Å². The molecule has 0 fully saturated rings. The number of carbonyl (C=O) groups excluding carboxylic acids is 4. The number of esters is 4. The molecule has 3 N–H and O–H groups in total. The summed E-state index contributed by atoms with van der Waals surface area (Å²) in [5.41, 5.74) is 0. The first-order valence-corrected chi connectivity index (χ1v) is 44.9. The first-order chi connectivity index (χ1) is 48.3. The fraction of sp³-hybridized carbons (Fsp3) is 0.951. The van der Waals surface area contributed by atoms with Gasteiger partial charge in [-0.2, -0.15) is 0 Å². The van der Waals surface area contributed by atoms with Gasteiger partial charge >= 0.3 is 39.5 Å². The molecule has 0 bridgehead atoms. The number of ether oxygens (including phenoxy) is 4. The first-order valence-electron chi connectivity index (χ1n) is 41.9. The van der Waals surface area contributed by atoms with Crippen molar-refractivity contribution in [2.75, 3.05) is 39.6 Å². The van der Waals surface area contributed by atoms with Gasteiger partial charge in [-0.15, -0.1) is 0 Å². The second kappa shape index (κ2) is 71.3. The highest BCUT2D eigenvalue weighted by atomic mass is 31.2. The lowest BCUT2D eigenvalue weighted by molar-refractivity contribution is -0.161. The molecule has 0 aliphatic heterocycles. The molecule has 0 radical (unpaired) electrons. The number of unbranched alkanes of at least 4 members (excludes halogenated alkanes) is 46. The van der Waals surface area contributed by atoms with Crippen LogP contribution in [0.5, 0.6) is 0 Å². The molecule has 0 aromatic carbocycles. The Bertz CT molecular complexity index is 1940. The second-order valence-electron chi connectivity index (χ2n) is 30.4. The van der Waals surface area contributed by atoms with E-state index in [2.05, 4.69) is 48.5 Å². The largest absolute Gasteiger partial charge is 0.472 e. The van der Waals surface area contributed by atoms with Gasteiger partial charge in [0.2, 0.25) is 0 Å². The van der Waals surface area contributed by atoms with Crippen molar-refractivity contribution in [1.29, 1.82) is 0 Å². The third-order valence-corrected chi connectivity index (χ3v) is 21.1. The van der Waals surface area contributed by atoms with E-state index in [0.29, 0.717) is 25.7 Å². The lowest BCUT2D eigenvalue weighted by Gasteiger charge is -2.21. The molecular formula is C81H158O17P2. The average Bonchev–Trinajstić information content (AvgIpc) is 1.01. The van der Waals surface area contributed by atoms with Crippen molar-refractivity contribution in [3.8, 4) is 0 Å². The quantitative estimate of drug-likeness (QED) is 0.0222. The Hall–Kier alpha value is -1.94. The second-order valence-corrected chi connectivity index (χ2v) is 33.3. The summed E-state index contributed by atoms with van der Waals surface area (Å²) in [6.45, 7) is 11.9. The number of phosphoric acid groups is 2. The Morgan fingerprint density at radius 1 is 0.290 bits per heavy atom. The van der Waals surface area contributed by atoms with Crippen molar-refractivity contribution in [2.45, 2.75) is 439 Å².